The van der Waals surface area contributed by atoms with Crippen LogP contribution in [0.15, 0.2) is 0 Å². The van der Waals surface area contributed by atoms with Gasteiger partial charge in [-0.25, -0.2) is 0 Å². The predicted molar refractivity (Wildman–Crippen MR) is 66.1 cm³/mol. The summed E-state index contributed by atoms with van der Waals surface area (Å²) in [5, 5.41) is 0. The molecule has 0 saturated carbocycles. The maximum Gasteiger partial charge on any atom is 0.239 e. The standard InChI is InChI=1S/C12H25N3O/c1-9(2)7-11(13)12(16)15-6-5-14(4)8-10(15)3/h9-11H,5-8,13H2,1-4H3/t10?,11-/m1/s1. The highest BCUT2D eigenvalue weighted by Gasteiger charge is 2.29. The van der Waals surface area contributed by atoms with Gasteiger partial charge in [0.15, 0.2) is 0 Å². The molecule has 1 amide bonds. The van der Waals surface area contributed by atoms with Gasteiger partial charge in [-0.3, -0.25) is 4.79 Å². The second-order valence-electron chi connectivity index (χ2n) is 5.38. The van der Waals surface area contributed by atoms with Crippen LogP contribution in [0.4, 0.5) is 0 Å². The molecule has 2 atom stereocenters. The van der Waals surface area contributed by atoms with Crippen LogP contribution < -0.4 is 5.73 Å². The first kappa shape index (κ1) is 13.5. The van der Waals surface area contributed by atoms with Crippen LogP contribution in [0.5, 0.6) is 0 Å². The summed E-state index contributed by atoms with van der Waals surface area (Å²) in [5.74, 6) is 0.594. The Kier molecular flexibility index (Phi) is 4.74. The van der Waals surface area contributed by atoms with Gasteiger partial charge >= 0.3 is 0 Å². The molecule has 4 heteroatoms. The van der Waals surface area contributed by atoms with Crippen molar-refractivity contribution in [3.8, 4) is 0 Å². The van der Waals surface area contributed by atoms with E-state index in [1.54, 1.807) is 0 Å². The molecule has 1 rings (SSSR count). The zero-order chi connectivity index (χ0) is 12.3. The van der Waals surface area contributed by atoms with Gasteiger partial charge in [-0.2, -0.15) is 0 Å². The molecular weight excluding hydrogens is 202 g/mol. The van der Waals surface area contributed by atoms with E-state index in [4.69, 9.17) is 5.73 Å². The average molecular weight is 227 g/mol. The lowest BCUT2D eigenvalue weighted by Gasteiger charge is -2.39. The van der Waals surface area contributed by atoms with Crippen molar-refractivity contribution in [2.45, 2.75) is 39.3 Å². The van der Waals surface area contributed by atoms with Crippen molar-refractivity contribution >= 4 is 5.91 Å². The van der Waals surface area contributed by atoms with Crippen molar-refractivity contribution in [2.75, 3.05) is 26.7 Å². The molecule has 1 fully saturated rings. The maximum atomic E-state index is 12.1. The Labute approximate surface area is 98.8 Å². The number of nitrogens with two attached hydrogens (primary N) is 1. The number of piperazine rings is 1. The highest BCUT2D eigenvalue weighted by Crippen LogP contribution is 2.12. The summed E-state index contributed by atoms with van der Waals surface area (Å²) < 4.78 is 0. The molecule has 0 aromatic heterocycles. The fourth-order valence-electron chi connectivity index (χ4n) is 2.29. The fraction of sp³-hybridized carbons (Fsp3) is 0.917. The molecule has 1 aliphatic heterocycles. The minimum absolute atomic E-state index is 0.120. The molecule has 1 heterocycles. The number of carbonyl (C=O) groups is 1. The molecule has 1 unspecified atom stereocenters. The summed E-state index contributed by atoms with van der Waals surface area (Å²) in [6.07, 6.45) is 0.776. The normalized spacial score (nSPS) is 24.9. The number of hydrogen-bond acceptors (Lipinski definition) is 3. The molecule has 0 aromatic carbocycles. The fourth-order valence-corrected chi connectivity index (χ4v) is 2.29. The summed E-state index contributed by atoms with van der Waals surface area (Å²) in [7, 11) is 2.09. The van der Waals surface area contributed by atoms with E-state index in [0.717, 1.165) is 26.1 Å². The predicted octanol–water partition coefficient (Wildman–Crippen LogP) is 0.522. The van der Waals surface area contributed by atoms with E-state index in [1.165, 1.54) is 0 Å². The number of likely N-dealkylation sites (N-methyl/N-ethyl adjacent to an activating group) is 1. The molecule has 94 valence electrons. The van der Waals surface area contributed by atoms with Gasteiger partial charge in [-0.1, -0.05) is 13.8 Å². The first-order valence-electron chi connectivity index (χ1n) is 6.16. The Morgan fingerprint density at radius 2 is 2.06 bits per heavy atom. The number of rotatable bonds is 3. The van der Waals surface area contributed by atoms with Gasteiger partial charge < -0.3 is 15.5 Å². The summed E-state index contributed by atoms with van der Waals surface area (Å²) in [6.45, 7) is 8.99. The Bertz CT molecular complexity index is 242. The summed E-state index contributed by atoms with van der Waals surface area (Å²) in [4.78, 5) is 16.3. The smallest absolute Gasteiger partial charge is 0.239 e. The second kappa shape index (κ2) is 5.64. The van der Waals surface area contributed by atoms with Crippen molar-refractivity contribution < 1.29 is 4.79 Å². The zero-order valence-electron chi connectivity index (χ0n) is 10.9. The Morgan fingerprint density at radius 3 is 2.56 bits per heavy atom. The van der Waals surface area contributed by atoms with Crippen LogP contribution >= 0.6 is 0 Å². The van der Waals surface area contributed by atoms with Crippen molar-refractivity contribution in [2.24, 2.45) is 11.7 Å². The molecule has 0 bridgehead atoms. The van der Waals surface area contributed by atoms with Crippen molar-refractivity contribution in [3.05, 3.63) is 0 Å². The van der Waals surface area contributed by atoms with E-state index in [1.807, 2.05) is 4.90 Å². The summed E-state index contributed by atoms with van der Waals surface area (Å²) in [6, 6.07) is -0.0460. The molecule has 16 heavy (non-hydrogen) atoms. The van der Waals surface area contributed by atoms with Crippen molar-refractivity contribution in [1.82, 2.24) is 9.80 Å². The SMILES string of the molecule is CC(C)C[C@@H](N)C(=O)N1CCN(C)CC1C. The topological polar surface area (TPSA) is 49.6 Å². The van der Waals surface area contributed by atoms with Crippen LogP contribution in [-0.2, 0) is 4.79 Å². The minimum Gasteiger partial charge on any atom is -0.336 e. The second-order valence-corrected chi connectivity index (χ2v) is 5.38. The number of carbonyl (C=O) groups excluding carboxylic acids is 1. The summed E-state index contributed by atoms with van der Waals surface area (Å²) in [5.41, 5.74) is 5.94. The lowest BCUT2D eigenvalue weighted by Crippen LogP contribution is -2.56. The maximum absolute atomic E-state index is 12.1. The molecule has 4 nitrogen and oxygen atoms in total. The third kappa shape index (κ3) is 3.46. The third-order valence-electron chi connectivity index (χ3n) is 3.16. The molecule has 1 saturated heterocycles. The van der Waals surface area contributed by atoms with Gasteiger partial charge in [0.05, 0.1) is 6.04 Å². The van der Waals surface area contributed by atoms with Crippen LogP contribution in [0, 0.1) is 5.92 Å². The number of hydrogen-bond donors (Lipinski definition) is 1. The monoisotopic (exact) mass is 227 g/mol. The van der Waals surface area contributed by atoms with E-state index in [-0.39, 0.29) is 18.0 Å². The minimum atomic E-state index is -0.328. The highest BCUT2D eigenvalue weighted by molar-refractivity contribution is 5.82. The number of amides is 1. The highest BCUT2D eigenvalue weighted by atomic mass is 16.2. The van der Waals surface area contributed by atoms with E-state index in [2.05, 4.69) is 32.7 Å². The molecule has 0 aromatic rings. The van der Waals surface area contributed by atoms with Crippen molar-refractivity contribution in [1.29, 1.82) is 0 Å². The largest absolute Gasteiger partial charge is 0.336 e. The Balaban J connectivity index is 2.53. The zero-order valence-corrected chi connectivity index (χ0v) is 10.9. The number of nitrogens with zero attached hydrogens (tertiary/aromatic N) is 2. The third-order valence-corrected chi connectivity index (χ3v) is 3.16. The van der Waals surface area contributed by atoms with E-state index in [0.29, 0.717) is 5.92 Å². The lowest BCUT2D eigenvalue weighted by atomic mass is 10.0. The van der Waals surface area contributed by atoms with Crippen LogP contribution in [0.1, 0.15) is 27.2 Å². The molecule has 0 spiro atoms. The van der Waals surface area contributed by atoms with E-state index >= 15 is 0 Å². The molecular formula is C12H25N3O. The first-order chi connectivity index (χ1) is 7.41. The van der Waals surface area contributed by atoms with Gasteiger partial charge in [0.1, 0.15) is 0 Å². The molecule has 1 aliphatic rings. The lowest BCUT2D eigenvalue weighted by molar-refractivity contribution is -0.137. The van der Waals surface area contributed by atoms with Gasteiger partial charge in [-0.05, 0) is 26.3 Å². The van der Waals surface area contributed by atoms with E-state index in [9.17, 15) is 4.79 Å². The van der Waals surface area contributed by atoms with Gasteiger partial charge in [0, 0.05) is 25.7 Å². The van der Waals surface area contributed by atoms with Gasteiger partial charge in [0.25, 0.3) is 0 Å². The molecule has 0 radical (unpaired) electrons. The quantitative estimate of drug-likeness (QED) is 0.765. The summed E-state index contributed by atoms with van der Waals surface area (Å²) >= 11 is 0. The van der Waals surface area contributed by atoms with Gasteiger partial charge in [0.2, 0.25) is 5.91 Å². The van der Waals surface area contributed by atoms with Crippen LogP contribution in [0.2, 0.25) is 0 Å². The first-order valence-corrected chi connectivity index (χ1v) is 6.16. The average Bonchev–Trinajstić information content (AvgIpc) is 2.15. The van der Waals surface area contributed by atoms with E-state index < -0.39 is 0 Å². The molecule has 2 N–H and O–H groups in total. The van der Waals surface area contributed by atoms with Crippen LogP contribution in [-0.4, -0.2) is 54.5 Å². The Morgan fingerprint density at radius 1 is 1.44 bits per heavy atom. The van der Waals surface area contributed by atoms with Crippen molar-refractivity contribution in [3.63, 3.8) is 0 Å². The Hall–Kier alpha value is -0.610. The van der Waals surface area contributed by atoms with Gasteiger partial charge in [-0.15, -0.1) is 0 Å². The van der Waals surface area contributed by atoms with Crippen LogP contribution in [0.3, 0.4) is 0 Å². The van der Waals surface area contributed by atoms with Crippen LogP contribution in [0.25, 0.3) is 0 Å². The molecule has 0 aliphatic carbocycles.